The van der Waals surface area contributed by atoms with Gasteiger partial charge in [0.2, 0.25) is 5.89 Å². The van der Waals surface area contributed by atoms with Crippen LogP contribution in [0.3, 0.4) is 0 Å². The van der Waals surface area contributed by atoms with E-state index in [2.05, 4.69) is 109 Å². The lowest BCUT2D eigenvalue weighted by atomic mass is 9.95. The van der Waals surface area contributed by atoms with Gasteiger partial charge in [0.1, 0.15) is 39.0 Å². The van der Waals surface area contributed by atoms with Crippen LogP contribution in [0.1, 0.15) is 0 Å². The molecule has 0 spiro atoms. The molecule has 0 fully saturated rings. The van der Waals surface area contributed by atoms with Crippen molar-refractivity contribution >= 4 is 76.9 Å². The van der Waals surface area contributed by atoms with Crippen LogP contribution in [0.15, 0.2) is 181 Å². The second-order valence-corrected chi connectivity index (χ2v) is 13.8. The van der Waals surface area contributed by atoms with Gasteiger partial charge in [0.25, 0.3) is 0 Å². The molecule has 252 valence electrons. The lowest BCUT2D eigenvalue weighted by molar-refractivity contribution is 0.620. The Morgan fingerprint density at radius 1 is 0.296 bits per heavy atom. The second kappa shape index (κ2) is 11.1. The zero-order valence-electron chi connectivity index (χ0n) is 28.7. The number of oxazole rings is 1. The number of aromatic nitrogens is 1. The van der Waals surface area contributed by atoms with Crippen LogP contribution in [-0.4, -0.2) is 4.98 Å². The van der Waals surface area contributed by atoms with Crippen molar-refractivity contribution in [1.82, 2.24) is 4.98 Å². The monoisotopic (exact) mass is 693 g/mol. The third-order valence-corrected chi connectivity index (χ3v) is 10.8. The highest BCUT2D eigenvalue weighted by Gasteiger charge is 2.22. The molecule has 4 heterocycles. The third-order valence-electron chi connectivity index (χ3n) is 10.8. The fraction of sp³-hybridized carbons (Fsp3) is 0. The number of hydrogen-bond acceptors (Lipinski definition) is 5. The van der Waals surface area contributed by atoms with Crippen LogP contribution in [0, 0.1) is 0 Å². The summed E-state index contributed by atoms with van der Waals surface area (Å²) >= 11 is 0. The Hall–Kier alpha value is -7.37. The van der Waals surface area contributed by atoms with Crippen molar-refractivity contribution in [3.05, 3.63) is 164 Å². The van der Waals surface area contributed by atoms with Crippen molar-refractivity contribution in [2.24, 2.45) is 0 Å². The van der Waals surface area contributed by atoms with Crippen molar-refractivity contribution in [2.45, 2.75) is 0 Å². The molecule has 0 aliphatic rings. The molecule has 4 aromatic heterocycles. The van der Waals surface area contributed by atoms with Gasteiger partial charge in [-0.1, -0.05) is 121 Å². The number of para-hydroxylation sites is 6. The number of furan rings is 3. The van der Waals surface area contributed by atoms with Crippen molar-refractivity contribution in [3.8, 4) is 44.8 Å². The van der Waals surface area contributed by atoms with Gasteiger partial charge >= 0.3 is 0 Å². The smallest absolute Gasteiger partial charge is 0.227 e. The van der Waals surface area contributed by atoms with Crippen LogP contribution < -0.4 is 0 Å². The summed E-state index contributed by atoms with van der Waals surface area (Å²) in [5, 5.41) is 6.51. The first-order valence-electron chi connectivity index (χ1n) is 18.0. The van der Waals surface area contributed by atoms with Crippen molar-refractivity contribution < 1.29 is 17.7 Å². The van der Waals surface area contributed by atoms with Crippen LogP contribution >= 0.6 is 0 Å². The van der Waals surface area contributed by atoms with E-state index in [-0.39, 0.29) is 0 Å². The number of fused-ring (bicyclic) bond motifs is 10. The maximum atomic E-state index is 6.69. The molecule has 0 bridgehead atoms. The van der Waals surface area contributed by atoms with E-state index in [9.17, 15) is 0 Å². The van der Waals surface area contributed by atoms with E-state index in [4.69, 9.17) is 22.7 Å². The molecule has 5 heteroatoms. The molecule has 0 aliphatic carbocycles. The molecular weight excluding hydrogens is 667 g/mol. The van der Waals surface area contributed by atoms with Crippen LogP contribution in [0.2, 0.25) is 0 Å². The summed E-state index contributed by atoms with van der Waals surface area (Å²) in [4.78, 5) is 5.18. The Morgan fingerprint density at radius 3 is 1.30 bits per heavy atom. The molecule has 0 saturated carbocycles. The molecule has 0 atom stereocenters. The molecule has 0 radical (unpaired) electrons. The van der Waals surface area contributed by atoms with Crippen LogP contribution in [-0.2, 0) is 0 Å². The van der Waals surface area contributed by atoms with Crippen molar-refractivity contribution in [2.75, 3.05) is 0 Å². The first-order chi connectivity index (χ1) is 26.7. The van der Waals surface area contributed by atoms with E-state index in [0.29, 0.717) is 11.5 Å². The van der Waals surface area contributed by atoms with Crippen LogP contribution in [0.25, 0.3) is 122 Å². The topological polar surface area (TPSA) is 65.5 Å². The fourth-order valence-corrected chi connectivity index (χ4v) is 8.21. The van der Waals surface area contributed by atoms with E-state index in [1.807, 2.05) is 54.6 Å². The summed E-state index contributed by atoms with van der Waals surface area (Å²) in [6, 6.07) is 56.0. The number of benzene rings is 8. The summed E-state index contributed by atoms with van der Waals surface area (Å²) in [6.45, 7) is 0. The van der Waals surface area contributed by atoms with Crippen LogP contribution in [0.4, 0.5) is 0 Å². The summed E-state index contributed by atoms with van der Waals surface area (Å²) in [6.07, 6.45) is 0. The van der Waals surface area contributed by atoms with E-state index < -0.39 is 0 Å². The average Bonchev–Trinajstić information content (AvgIpc) is 4.01. The predicted octanol–water partition coefficient (Wildman–Crippen LogP) is 14.2. The number of rotatable bonds is 4. The molecule has 0 aliphatic heterocycles. The van der Waals surface area contributed by atoms with Gasteiger partial charge in [0.05, 0.1) is 0 Å². The van der Waals surface area contributed by atoms with Crippen molar-refractivity contribution in [1.29, 1.82) is 0 Å². The van der Waals surface area contributed by atoms with Crippen molar-refractivity contribution in [3.63, 3.8) is 0 Å². The van der Waals surface area contributed by atoms with Gasteiger partial charge in [-0.05, 0) is 53.6 Å². The molecule has 0 amide bonds. The molecule has 12 aromatic rings. The quantitative estimate of drug-likeness (QED) is 0.184. The SMILES string of the molecule is c1ccc2c(c1)oc1c(-c3ccc(-c4nc5c(-c6cccc7c6oc6ccccc67)cc(-c6cccc7c6oc6ccccc67)cc5o4)cc3)cccc12. The molecule has 5 nitrogen and oxygen atoms in total. The Balaban J connectivity index is 1.05. The minimum Gasteiger partial charge on any atom is -0.455 e. The fourth-order valence-electron chi connectivity index (χ4n) is 8.21. The highest BCUT2D eigenvalue weighted by atomic mass is 16.4. The van der Waals surface area contributed by atoms with E-state index in [1.165, 1.54) is 0 Å². The minimum absolute atomic E-state index is 0.538. The maximum absolute atomic E-state index is 6.69. The first kappa shape index (κ1) is 29.2. The van der Waals surface area contributed by atoms with Crippen LogP contribution in [0.5, 0.6) is 0 Å². The molecule has 12 rings (SSSR count). The molecule has 54 heavy (non-hydrogen) atoms. The number of hydrogen-bond donors (Lipinski definition) is 0. The maximum Gasteiger partial charge on any atom is 0.227 e. The van der Waals surface area contributed by atoms with Gasteiger partial charge in [-0.2, -0.15) is 0 Å². The lowest BCUT2D eigenvalue weighted by Gasteiger charge is -2.08. The van der Waals surface area contributed by atoms with Gasteiger partial charge in [-0.15, -0.1) is 0 Å². The highest BCUT2D eigenvalue weighted by molar-refractivity contribution is 6.14. The van der Waals surface area contributed by atoms with Gasteiger partial charge in [0.15, 0.2) is 5.58 Å². The van der Waals surface area contributed by atoms with Gasteiger partial charge < -0.3 is 17.7 Å². The first-order valence-corrected chi connectivity index (χ1v) is 18.0. The molecule has 0 unspecified atom stereocenters. The van der Waals surface area contributed by atoms with Gasteiger partial charge in [0, 0.05) is 60.1 Å². The van der Waals surface area contributed by atoms with E-state index in [1.54, 1.807) is 0 Å². The molecular formula is C49H27NO4. The molecule has 0 N–H and O–H groups in total. The second-order valence-electron chi connectivity index (χ2n) is 13.8. The van der Waals surface area contributed by atoms with Gasteiger partial charge in [-0.25, -0.2) is 4.98 Å². The molecule has 0 saturated heterocycles. The zero-order valence-corrected chi connectivity index (χ0v) is 28.7. The summed E-state index contributed by atoms with van der Waals surface area (Å²) in [5.41, 5.74) is 13.3. The van der Waals surface area contributed by atoms with Gasteiger partial charge in [-0.3, -0.25) is 0 Å². The minimum atomic E-state index is 0.538. The molecule has 8 aromatic carbocycles. The standard InChI is InChI=1S/C49H27NO4/c1-4-19-41-33(10-1)36-15-7-13-31(46(36)51-41)28-22-24-29(25-23-28)49-50-45-40(39-18-9-17-38-35-12-3-6-21-43(35)53-48(38)39)26-30(27-44(45)54-49)32-14-8-16-37-34-11-2-5-20-42(34)52-47(32)37/h1-27H. The summed E-state index contributed by atoms with van der Waals surface area (Å²) < 4.78 is 26.1. The van der Waals surface area contributed by atoms with E-state index in [0.717, 1.165) is 110 Å². The summed E-state index contributed by atoms with van der Waals surface area (Å²) in [7, 11) is 0. The Kier molecular flexibility index (Phi) is 5.99. The Labute approximate surface area is 307 Å². The Morgan fingerprint density at radius 2 is 0.741 bits per heavy atom. The summed E-state index contributed by atoms with van der Waals surface area (Å²) in [5.74, 6) is 0.538. The largest absolute Gasteiger partial charge is 0.455 e. The average molecular weight is 694 g/mol. The zero-order chi connectivity index (χ0) is 35.3. The highest BCUT2D eigenvalue weighted by Crippen LogP contribution is 2.44. The third kappa shape index (κ3) is 4.24. The predicted molar refractivity (Wildman–Crippen MR) is 218 cm³/mol. The lowest BCUT2D eigenvalue weighted by Crippen LogP contribution is -1.86. The number of nitrogens with zero attached hydrogens (tertiary/aromatic N) is 1. The van der Waals surface area contributed by atoms with E-state index >= 15 is 0 Å². The normalized spacial score (nSPS) is 12.1. The Bertz CT molecular complexity index is 3450.